The summed E-state index contributed by atoms with van der Waals surface area (Å²) in [5, 5.41) is 8.88. The van der Waals surface area contributed by atoms with Gasteiger partial charge >= 0.3 is 0 Å². The first-order valence-electron chi connectivity index (χ1n) is 6.46. The molecule has 1 aromatic carbocycles. The number of aromatic amines is 1. The van der Waals surface area contributed by atoms with Crippen LogP contribution in [0.3, 0.4) is 0 Å². The largest absolute Gasteiger partial charge is 0.497 e. The van der Waals surface area contributed by atoms with Gasteiger partial charge in [-0.25, -0.2) is 0 Å². The summed E-state index contributed by atoms with van der Waals surface area (Å²) in [4.78, 5) is 22.3. The third-order valence-corrected chi connectivity index (χ3v) is 2.72. The summed E-state index contributed by atoms with van der Waals surface area (Å²) in [5.74, 6) is 0.218. The van der Waals surface area contributed by atoms with Gasteiger partial charge in [-0.1, -0.05) is 6.07 Å². The maximum atomic E-state index is 11.7. The SMILES string of the molecule is COc1cccc(OCc2cc(C(=O)NCC(N)=O)n[nH]2)c1. The lowest BCUT2D eigenvalue weighted by molar-refractivity contribution is -0.117. The Labute approximate surface area is 126 Å². The number of carbonyl (C=O) groups is 2. The fraction of sp³-hybridized carbons (Fsp3) is 0.214. The van der Waals surface area contributed by atoms with Crippen LogP contribution in [0.5, 0.6) is 11.5 Å². The van der Waals surface area contributed by atoms with Crippen molar-refractivity contribution in [1.29, 1.82) is 0 Å². The van der Waals surface area contributed by atoms with E-state index >= 15 is 0 Å². The molecule has 2 amide bonds. The molecular formula is C14H16N4O4. The number of hydrogen-bond acceptors (Lipinski definition) is 5. The minimum absolute atomic E-state index is 0.158. The third-order valence-electron chi connectivity index (χ3n) is 2.72. The fourth-order valence-electron chi connectivity index (χ4n) is 1.66. The van der Waals surface area contributed by atoms with Crippen LogP contribution in [-0.4, -0.2) is 35.7 Å². The van der Waals surface area contributed by atoms with Crippen LogP contribution < -0.4 is 20.5 Å². The lowest BCUT2D eigenvalue weighted by Gasteiger charge is -2.06. The average molecular weight is 304 g/mol. The highest BCUT2D eigenvalue weighted by atomic mass is 16.5. The molecule has 0 saturated heterocycles. The van der Waals surface area contributed by atoms with E-state index in [1.54, 1.807) is 19.2 Å². The van der Waals surface area contributed by atoms with Gasteiger partial charge in [0.15, 0.2) is 0 Å². The van der Waals surface area contributed by atoms with E-state index in [0.717, 1.165) is 0 Å². The zero-order chi connectivity index (χ0) is 15.9. The lowest BCUT2D eigenvalue weighted by atomic mass is 10.3. The number of primary amides is 1. The molecule has 0 atom stereocenters. The number of aromatic nitrogens is 2. The second kappa shape index (κ2) is 7.11. The van der Waals surface area contributed by atoms with Crippen molar-refractivity contribution in [3.63, 3.8) is 0 Å². The minimum Gasteiger partial charge on any atom is -0.497 e. The van der Waals surface area contributed by atoms with Crippen molar-refractivity contribution in [2.45, 2.75) is 6.61 Å². The van der Waals surface area contributed by atoms with Crippen LogP contribution in [0.2, 0.25) is 0 Å². The second-order valence-corrected chi connectivity index (χ2v) is 4.40. The number of rotatable bonds is 7. The zero-order valence-corrected chi connectivity index (χ0v) is 12.0. The van der Waals surface area contributed by atoms with Crippen LogP contribution in [0.15, 0.2) is 30.3 Å². The molecule has 0 aliphatic carbocycles. The van der Waals surface area contributed by atoms with Gasteiger partial charge in [-0.15, -0.1) is 0 Å². The maximum Gasteiger partial charge on any atom is 0.272 e. The molecule has 116 valence electrons. The first-order valence-corrected chi connectivity index (χ1v) is 6.46. The number of benzene rings is 1. The standard InChI is InChI=1S/C14H16N4O4/c1-21-10-3-2-4-11(6-10)22-8-9-5-12(18-17-9)14(20)16-7-13(15)19/h2-6H,7-8H2,1H3,(H2,15,19)(H,16,20)(H,17,18). The van der Waals surface area contributed by atoms with E-state index < -0.39 is 11.8 Å². The van der Waals surface area contributed by atoms with Crippen molar-refractivity contribution in [2.75, 3.05) is 13.7 Å². The molecule has 4 N–H and O–H groups in total. The van der Waals surface area contributed by atoms with Crippen LogP contribution in [0.1, 0.15) is 16.2 Å². The highest BCUT2D eigenvalue weighted by molar-refractivity contribution is 5.94. The van der Waals surface area contributed by atoms with E-state index in [1.165, 1.54) is 6.07 Å². The number of nitrogens with zero attached hydrogens (tertiary/aromatic N) is 1. The molecule has 0 fully saturated rings. The molecule has 0 radical (unpaired) electrons. The van der Waals surface area contributed by atoms with Crippen LogP contribution >= 0.6 is 0 Å². The molecule has 22 heavy (non-hydrogen) atoms. The Kier molecular flexibility index (Phi) is 4.97. The minimum atomic E-state index is -0.620. The predicted molar refractivity (Wildman–Crippen MR) is 77.4 cm³/mol. The monoisotopic (exact) mass is 304 g/mol. The Morgan fingerprint density at radius 1 is 1.32 bits per heavy atom. The Hall–Kier alpha value is -3.03. The molecule has 1 heterocycles. The van der Waals surface area contributed by atoms with E-state index in [1.807, 2.05) is 12.1 Å². The highest BCUT2D eigenvalue weighted by Gasteiger charge is 2.11. The van der Waals surface area contributed by atoms with Gasteiger partial charge in [-0.05, 0) is 18.2 Å². The molecule has 0 aliphatic heterocycles. The smallest absolute Gasteiger partial charge is 0.272 e. The highest BCUT2D eigenvalue weighted by Crippen LogP contribution is 2.19. The Morgan fingerprint density at radius 3 is 2.82 bits per heavy atom. The van der Waals surface area contributed by atoms with Crippen molar-refractivity contribution >= 4 is 11.8 Å². The topological polar surface area (TPSA) is 119 Å². The molecule has 0 spiro atoms. The summed E-state index contributed by atoms with van der Waals surface area (Å²) < 4.78 is 10.7. The number of nitrogens with one attached hydrogen (secondary N) is 2. The normalized spacial score (nSPS) is 10.0. The molecule has 0 saturated carbocycles. The van der Waals surface area contributed by atoms with Crippen molar-refractivity contribution in [2.24, 2.45) is 5.73 Å². The van der Waals surface area contributed by atoms with Crippen molar-refractivity contribution < 1.29 is 19.1 Å². The van der Waals surface area contributed by atoms with E-state index in [4.69, 9.17) is 15.2 Å². The zero-order valence-electron chi connectivity index (χ0n) is 12.0. The summed E-state index contributed by atoms with van der Waals surface area (Å²) in [6.07, 6.45) is 0. The Balaban J connectivity index is 1.91. The quantitative estimate of drug-likeness (QED) is 0.675. The van der Waals surface area contributed by atoms with Crippen molar-refractivity contribution in [3.8, 4) is 11.5 Å². The lowest BCUT2D eigenvalue weighted by Crippen LogP contribution is -2.33. The molecule has 1 aromatic heterocycles. The van der Waals surface area contributed by atoms with Gasteiger partial charge < -0.3 is 20.5 Å². The molecule has 8 nitrogen and oxygen atoms in total. The van der Waals surface area contributed by atoms with Crippen molar-refractivity contribution in [3.05, 3.63) is 41.7 Å². The Bertz CT molecular complexity index is 668. The summed E-state index contributed by atoms with van der Waals surface area (Å²) in [7, 11) is 1.57. The molecular weight excluding hydrogens is 288 g/mol. The predicted octanol–water partition coefficient (Wildman–Crippen LogP) is 0.212. The second-order valence-electron chi connectivity index (χ2n) is 4.40. The van der Waals surface area contributed by atoms with Gasteiger partial charge in [-0.3, -0.25) is 14.7 Å². The number of methoxy groups -OCH3 is 1. The van der Waals surface area contributed by atoms with E-state index in [9.17, 15) is 9.59 Å². The van der Waals surface area contributed by atoms with Gasteiger partial charge in [0.25, 0.3) is 5.91 Å². The van der Waals surface area contributed by atoms with E-state index in [-0.39, 0.29) is 18.8 Å². The fourth-order valence-corrected chi connectivity index (χ4v) is 1.66. The molecule has 0 aliphatic rings. The van der Waals surface area contributed by atoms with Gasteiger partial charge in [0.05, 0.1) is 19.3 Å². The summed E-state index contributed by atoms with van der Waals surface area (Å²) >= 11 is 0. The number of hydrogen-bond donors (Lipinski definition) is 3. The molecule has 2 rings (SSSR count). The van der Waals surface area contributed by atoms with Gasteiger partial charge in [0.2, 0.25) is 5.91 Å². The number of H-pyrrole nitrogens is 1. The van der Waals surface area contributed by atoms with Gasteiger partial charge in [0, 0.05) is 6.07 Å². The maximum absolute atomic E-state index is 11.7. The number of ether oxygens (including phenoxy) is 2. The molecule has 8 heteroatoms. The first kappa shape index (κ1) is 15.4. The summed E-state index contributed by atoms with van der Waals surface area (Å²) in [6.45, 7) is -0.0232. The van der Waals surface area contributed by atoms with Crippen molar-refractivity contribution in [1.82, 2.24) is 15.5 Å². The van der Waals surface area contributed by atoms with E-state index in [0.29, 0.717) is 17.2 Å². The van der Waals surface area contributed by atoms with Gasteiger partial charge in [-0.2, -0.15) is 5.10 Å². The van der Waals surface area contributed by atoms with Gasteiger partial charge in [0.1, 0.15) is 23.8 Å². The average Bonchev–Trinajstić information content (AvgIpc) is 3.00. The first-order chi connectivity index (χ1) is 10.6. The van der Waals surface area contributed by atoms with Crippen LogP contribution in [0.4, 0.5) is 0 Å². The van der Waals surface area contributed by atoms with Crippen LogP contribution in [-0.2, 0) is 11.4 Å². The molecule has 0 bridgehead atoms. The number of amides is 2. The Morgan fingerprint density at radius 2 is 2.09 bits per heavy atom. The number of nitrogens with two attached hydrogens (primary N) is 1. The third kappa shape index (κ3) is 4.23. The van der Waals surface area contributed by atoms with Crippen LogP contribution in [0.25, 0.3) is 0 Å². The summed E-state index contributed by atoms with van der Waals surface area (Å²) in [5.41, 5.74) is 5.72. The number of carbonyl (C=O) groups excluding carboxylic acids is 2. The van der Waals surface area contributed by atoms with Crippen LogP contribution in [0, 0.1) is 0 Å². The molecule has 2 aromatic rings. The summed E-state index contributed by atoms with van der Waals surface area (Å²) in [6, 6.07) is 8.70. The molecule has 0 unspecified atom stereocenters. The van der Waals surface area contributed by atoms with E-state index in [2.05, 4.69) is 15.5 Å².